The quantitative estimate of drug-likeness (QED) is 0.205. The maximum absolute atomic E-state index is 6.72. The summed E-state index contributed by atoms with van der Waals surface area (Å²) < 4.78 is 13.0. The largest absolute Gasteiger partial charge is 0.456 e. The van der Waals surface area contributed by atoms with E-state index in [-0.39, 0.29) is 0 Å². The van der Waals surface area contributed by atoms with Crippen molar-refractivity contribution in [1.29, 1.82) is 0 Å². The van der Waals surface area contributed by atoms with Crippen LogP contribution in [0, 0.1) is 0 Å². The number of hydrogen-bond donors (Lipinski definition) is 0. The first-order valence-corrected chi connectivity index (χ1v) is 15.7. The summed E-state index contributed by atoms with van der Waals surface area (Å²) in [5.74, 6) is 1.76. The van der Waals surface area contributed by atoms with Crippen LogP contribution in [0.15, 0.2) is 162 Å². The lowest BCUT2D eigenvalue weighted by molar-refractivity contribution is 0.487. The highest BCUT2D eigenvalue weighted by atomic mass is 16.5. The molecule has 0 unspecified atom stereocenters. The van der Waals surface area contributed by atoms with Crippen molar-refractivity contribution in [2.45, 2.75) is 0 Å². The fourth-order valence-electron chi connectivity index (χ4n) is 7.29. The van der Waals surface area contributed by atoms with Crippen molar-refractivity contribution < 1.29 is 9.15 Å². The van der Waals surface area contributed by atoms with E-state index in [4.69, 9.17) is 9.15 Å². The molecule has 1 aromatic heterocycles. The topological polar surface area (TPSA) is 22.4 Å². The van der Waals surface area contributed by atoms with Gasteiger partial charge in [-0.3, -0.25) is 0 Å². The van der Waals surface area contributed by atoms with Crippen LogP contribution in [0.25, 0.3) is 88.0 Å². The van der Waals surface area contributed by atoms with Gasteiger partial charge in [-0.25, -0.2) is 0 Å². The standard InChI is InChI=1S/C44H26O2/c1-2-9-27(10-3-1)31-23-28-11-4-5-12-32(28)39(24-31)30-18-20-36-38-22-21-33(37-14-8-16-41(44(37)38)46-43(36)26-30)29-17-19-35-34-13-6-7-15-40(34)45-42(35)25-29/h1-26H. The normalized spacial score (nSPS) is 12.1. The van der Waals surface area contributed by atoms with Crippen LogP contribution in [0.1, 0.15) is 0 Å². The lowest BCUT2D eigenvalue weighted by atomic mass is 9.88. The summed E-state index contributed by atoms with van der Waals surface area (Å²) >= 11 is 0. The van der Waals surface area contributed by atoms with E-state index in [0.29, 0.717) is 0 Å². The van der Waals surface area contributed by atoms with Gasteiger partial charge in [-0.2, -0.15) is 0 Å². The number of ether oxygens (including phenoxy) is 1. The molecule has 214 valence electrons. The first-order valence-electron chi connectivity index (χ1n) is 15.7. The molecule has 0 amide bonds. The maximum atomic E-state index is 6.72. The van der Waals surface area contributed by atoms with E-state index in [1.54, 1.807) is 0 Å². The number of hydrogen-bond acceptors (Lipinski definition) is 2. The molecule has 0 aliphatic carbocycles. The third kappa shape index (κ3) is 3.77. The fourth-order valence-corrected chi connectivity index (χ4v) is 7.29. The van der Waals surface area contributed by atoms with Crippen LogP contribution in [0.3, 0.4) is 0 Å². The molecule has 0 atom stereocenters. The van der Waals surface area contributed by atoms with Gasteiger partial charge in [0.25, 0.3) is 0 Å². The molecule has 10 rings (SSSR count). The summed E-state index contributed by atoms with van der Waals surface area (Å²) in [4.78, 5) is 0. The van der Waals surface area contributed by atoms with Gasteiger partial charge in [0.05, 0.1) is 0 Å². The lowest BCUT2D eigenvalue weighted by Crippen LogP contribution is -1.98. The highest BCUT2D eigenvalue weighted by molar-refractivity contribution is 6.12. The van der Waals surface area contributed by atoms with Gasteiger partial charge in [-0.15, -0.1) is 0 Å². The fraction of sp³-hybridized carbons (Fsp3) is 0. The van der Waals surface area contributed by atoms with Crippen LogP contribution in [0.4, 0.5) is 0 Å². The Hall–Kier alpha value is -6.12. The molecule has 2 heteroatoms. The van der Waals surface area contributed by atoms with Crippen LogP contribution < -0.4 is 4.74 Å². The molecule has 0 N–H and O–H groups in total. The zero-order chi connectivity index (χ0) is 30.2. The van der Waals surface area contributed by atoms with Crippen LogP contribution in [-0.4, -0.2) is 0 Å². The van der Waals surface area contributed by atoms with Gasteiger partial charge < -0.3 is 9.15 Å². The van der Waals surface area contributed by atoms with E-state index in [0.717, 1.165) is 61.1 Å². The third-order valence-electron chi connectivity index (χ3n) is 9.46. The number of benzene rings is 8. The van der Waals surface area contributed by atoms with Gasteiger partial charge in [0.15, 0.2) is 0 Å². The Balaban J connectivity index is 1.11. The molecule has 46 heavy (non-hydrogen) atoms. The zero-order valence-corrected chi connectivity index (χ0v) is 24.8. The van der Waals surface area contributed by atoms with Gasteiger partial charge in [0.2, 0.25) is 0 Å². The maximum Gasteiger partial charge on any atom is 0.136 e. The second-order valence-electron chi connectivity index (χ2n) is 12.1. The summed E-state index contributed by atoms with van der Waals surface area (Å²) in [5, 5.41) is 7.04. The molecule has 0 radical (unpaired) electrons. The Bertz CT molecular complexity index is 2660. The van der Waals surface area contributed by atoms with Crippen molar-refractivity contribution in [3.63, 3.8) is 0 Å². The van der Waals surface area contributed by atoms with Crippen molar-refractivity contribution in [3.05, 3.63) is 158 Å². The van der Waals surface area contributed by atoms with Crippen LogP contribution in [-0.2, 0) is 0 Å². The van der Waals surface area contributed by atoms with Gasteiger partial charge in [0.1, 0.15) is 22.7 Å². The van der Waals surface area contributed by atoms with Crippen LogP contribution >= 0.6 is 0 Å². The van der Waals surface area contributed by atoms with E-state index in [1.807, 2.05) is 12.1 Å². The monoisotopic (exact) mass is 586 g/mol. The smallest absolute Gasteiger partial charge is 0.136 e. The summed E-state index contributed by atoms with van der Waals surface area (Å²) in [5.41, 5.74) is 11.1. The average molecular weight is 587 g/mol. The Labute approximate surface area is 265 Å². The van der Waals surface area contributed by atoms with E-state index in [9.17, 15) is 0 Å². The third-order valence-corrected chi connectivity index (χ3v) is 9.46. The minimum atomic E-state index is 0.878. The summed E-state index contributed by atoms with van der Waals surface area (Å²) in [7, 11) is 0. The van der Waals surface area contributed by atoms with E-state index < -0.39 is 0 Å². The van der Waals surface area contributed by atoms with Crippen molar-refractivity contribution in [3.8, 4) is 56.0 Å². The number of para-hydroxylation sites is 1. The Morgan fingerprint density at radius 3 is 1.98 bits per heavy atom. The summed E-state index contributed by atoms with van der Waals surface area (Å²) in [6.45, 7) is 0. The molecule has 9 aromatic rings. The Kier molecular flexibility index (Phi) is 5.31. The predicted octanol–water partition coefficient (Wildman–Crippen LogP) is 12.7. The molecule has 0 saturated heterocycles. The lowest BCUT2D eigenvalue weighted by Gasteiger charge is -2.23. The molecule has 2 nitrogen and oxygen atoms in total. The molecule has 8 aromatic carbocycles. The highest BCUT2D eigenvalue weighted by Crippen LogP contribution is 2.50. The summed E-state index contributed by atoms with van der Waals surface area (Å²) in [6.07, 6.45) is 0. The molecule has 0 saturated carbocycles. The molecule has 2 heterocycles. The molecular weight excluding hydrogens is 560 g/mol. The molecule has 1 aliphatic heterocycles. The Morgan fingerprint density at radius 1 is 0.326 bits per heavy atom. The average Bonchev–Trinajstić information content (AvgIpc) is 3.49. The van der Waals surface area contributed by atoms with Gasteiger partial charge in [-0.1, -0.05) is 109 Å². The second-order valence-corrected chi connectivity index (χ2v) is 12.1. The van der Waals surface area contributed by atoms with Crippen LogP contribution in [0.2, 0.25) is 0 Å². The number of furan rings is 1. The van der Waals surface area contributed by atoms with Gasteiger partial charge >= 0.3 is 0 Å². The molecule has 0 fully saturated rings. The first kappa shape index (κ1) is 25.2. The molecule has 0 bridgehead atoms. The van der Waals surface area contributed by atoms with E-state index in [2.05, 4.69) is 146 Å². The number of rotatable bonds is 3. The number of fused-ring (bicyclic) bond motifs is 6. The SMILES string of the molecule is c1ccc(-c2cc(-c3ccc4c(c3)Oc3cccc5c(-c6ccc7c(c6)oc6ccccc67)ccc-4c35)c3ccccc3c2)cc1. The van der Waals surface area contributed by atoms with Crippen molar-refractivity contribution in [2.24, 2.45) is 0 Å². The van der Waals surface area contributed by atoms with E-state index in [1.165, 1.54) is 38.4 Å². The summed E-state index contributed by atoms with van der Waals surface area (Å²) in [6, 6.07) is 56.1. The van der Waals surface area contributed by atoms with Crippen LogP contribution in [0.5, 0.6) is 11.5 Å². The Morgan fingerprint density at radius 2 is 1.04 bits per heavy atom. The minimum absolute atomic E-state index is 0.878. The second kappa shape index (κ2) is 9.69. The molecule has 0 spiro atoms. The zero-order valence-electron chi connectivity index (χ0n) is 24.8. The van der Waals surface area contributed by atoms with Crippen molar-refractivity contribution in [2.75, 3.05) is 0 Å². The van der Waals surface area contributed by atoms with Gasteiger partial charge in [-0.05, 0) is 104 Å². The highest BCUT2D eigenvalue weighted by Gasteiger charge is 2.23. The van der Waals surface area contributed by atoms with Gasteiger partial charge in [0, 0.05) is 21.7 Å². The minimum Gasteiger partial charge on any atom is -0.456 e. The van der Waals surface area contributed by atoms with Crippen molar-refractivity contribution in [1.82, 2.24) is 0 Å². The molecule has 1 aliphatic rings. The molecular formula is C44H26O2. The van der Waals surface area contributed by atoms with Crippen molar-refractivity contribution >= 4 is 43.5 Å². The predicted molar refractivity (Wildman–Crippen MR) is 191 cm³/mol. The first-order chi connectivity index (χ1) is 22.8. The van der Waals surface area contributed by atoms with E-state index >= 15 is 0 Å².